The number of benzene rings is 9. The summed E-state index contributed by atoms with van der Waals surface area (Å²) < 4.78 is 5.03. The number of fused-ring (bicyclic) bond motifs is 7. The van der Waals surface area contributed by atoms with Gasteiger partial charge in [0.2, 0.25) is 0 Å². The molecule has 0 atom stereocenters. The second-order valence-corrected chi connectivity index (χ2v) is 20.8. The van der Waals surface area contributed by atoms with Crippen LogP contribution >= 0.6 is 11.3 Å². The van der Waals surface area contributed by atoms with Gasteiger partial charge in [-0.15, -0.1) is 11.3 Å². The van der Waals surface area contributed by atoms with Crippen molar-refractivity contribution in [3.63, 3.8) is 0 Å². The monoisotopic (exact) mass is 838 g/mol. The minimum Gasteiger partial charge on any atom is -0.308 e. The normalized spacial score (nSPS) is 11.8. The number of hydrogen-bond acceptors (Lipinski definition) is 4. The Morgan fingerprint density at radius 1 is 0.349 bits per heavy atom. The molecule has 9 aromatic carbocycles. The Balaban J connectivity index is 1.14. The van der Waals surface area contributed by atoms with Crippen LogP contribution in [0.15, 0.2) is 231 Å². The zero-order valence-corrected chi connectivity index (χ0v) is 36.0. The van der Waals surface area contributed by atoms with Gasteiger partial charge in [0.05, 0.1) is 15.7 Å². The zero-order valence-electron chi connectivity index (χ0n) is 34.1. The van der Waals surface area contributed by atoms with Gasteiger partial charge < -0.3 is 4.57 Å². The molecule has 0 fully saturated rings. The predicted molar refractivity (Wildman–Crippen MR) is 267 cm³/mol. The number of rotatable bonds is 8. The molecular weight excluding hydrogens is 801 g/mol. The number of nitrogens with zero attached hydrogens (tertiary/aromatic N) is 4. The molecule has 12 aromatic rings. The zero-order chi connectivity index (χ0) is 41.7. The molecule has 0 saturated carbocycles. The van der Waals surface area contributed by atoms with Crippen LogP contribution in [0.1, 0.15) is 0 Å². The summed E-state index contributed by atoms with van der Waals surface area (Å²) >= 11 is 1.87. The van der Waals surface area contributed by atoms with E-state index < -0.39 is 8.07 Å². The molecule has 0 saturated heterocycles. The number of thiophene rings is 1. The summed E-state index contributed by atoms with van der Waals surface area (Å²) in [7, 11) is -2.80. The second kappa shape index (κ2) is 15.3. The fourth-order valence-corrected chi connectivity index (χ4v) is 15.6. The Morgan fingerprint density at radius 3 is 1.43 bits per heavy atom. The van der Waals surface area contributed by atoms with E-state index in [1.165, 1.54) is 57.2 Å². The molecule has 6 heteroatoms. The van der Waals surface area contributed by atoms with E-state index in [4.69, 9.17) is 15.0 Å². The molecule has 0 aliphatic heterocycles. The Kier molecular flexibility index (Phi) is 8.99. The first kappa shape index (κ1) is 37.0. The van der Waals surface area contributed by atoms with E-state index in [1.807, 2.05) is 47.7 Å². The van der Waals surface area contributed by atoms with E-state index in [1.54, 1.807) is 0 Å². The van der Waals surface area contributed by atoms with Crippen molar-refractivity contribution in [2.45, 2.75) is 0 Å². The average Bonchev–Trinajstić information content (AvgIpc) is 3.92. The Morgan fingerprint density at radius 2 is 0.841 bits per heavy atom. The highest BCUT2D eigenvalue weighted by Gasteiger charge is 2.41. The van der Waals surface area contributed by atoms with Crippen LogP contribution in [-0.4, -0.2) is 27.6 Å². The maximum Gasteiger partial charge on any atom is 0.179 e. The summed E-state index contributed by atoms with van der Waals surface area (Å²) in [4.78, 5) is 15.2. The molecule has 12 rings (SSSR count). The summed E-state index contributed by atoms with van der Waals surface area (Å²) in [6.45, 7) is 0. The summed E-state index contributed by atoms with van der Waals surface area (Å²) in [6, 6.07) is 83.3. The van der Waals surface area contributed by atoms with Gasteiger partial charge in [-0.1, -0.05) is 206 Å². The highest BCUT2D eigenvalue weighted by atomic mass is 32.1. The van der Waals surface area contributed by atoms with Crippen molar-refractivity contribution in [3.05, 3.63) is 231 Å². The molecule has 3 aromatic heterocycles. The van der Waals surface area contributed by atoms with Crippen LogP contribution in [0.3, 0.4) is 0 Å². The highest BCUT2D eigenvalue weighted by Crippen LogP contribution is 2.43. The van der Waals surface area contributed by atoms with Crippen molar-refractivity contribution >= 4 is 82.1 Å². The van der Waals surface area contributed by atoms with E-state index >= 15 is 0 Å². The first-order chi connectivity index (χ1) is 31.2. The third-order valence-corrected chi connectivity index (χ3v) is 18.4. The van der Waals surface area contributed by atoms with Crippen molar-refractivity contribution in [3.8, 4) is 39.9 Å². The van der Waals surface area contributed by atoms with Gasteiger partial charge in [0.15, 0.2) is 25.5 Å². The van der Waals surface area contributed by atoms with E-state index in [9.17, 15) is 0 Å². The van der Waals surface area contributed by atoms with Crippen LogP contribution < -0.4 is 20.7 Å². The Bertz CT molecular complexity index is 3450. The lowest BCUT2D eigenvalue weighted by molar-refractivity contribution is 1.07. The van der Waals surface area contributed by atoms with Gasteiger partial charge in [-0.3, -0.25) is 0 Å². The van der Waals surface area contributed by atoms with E-state index in [0.29, 0.717) is 17.5 Å². The van der Waals surface area contributed by atoms with Crippen LogP contribution in [0.25, 0.3) is 81.8 Å². The van der Waals surface area contributed by atoms with Gasteiger partial charge in [-0.05, 0) is 45.0 Å². The van der Waals surface area contributed by atoms with Crippen molar-refractivity contribution in [2.75, 3.05) is 0 Å². The predicted octanol–water partition coefficient (Wildman–Crippen LogP) is 11.7. The van der Waals surface area contributed by atoms with Crippen LogP contribution in [0.2, 0.25) is 0 Å². The fourth-order valence-electron chi connectivity index (χ4n) is 9.57. The van der Waals surface area contributed by atoms with E-state index in [-0.39, 0.29) is 0 Å². The Labute approximate surface area is 370 Å². The third-order valence-electron chi connectivity index (χ3n) is 12.4. The van der Waals surface area contributed by atoms with Crippen LogP contribution in [0.4, 0.5) is 0 Å². The van der Waals surface area contributed by atoms with Gasteiger partial charge in [0, 0.05) is 48.6 Å². The molecule has 0 aliphatic rings. The second-order valence-electron chi connectivity index (χ2n) is 15.9. The molecule has 296 valence electrons. The quantitative estimate of drug-likeness (QED) is 0.113. The molecule has 0 aliphatic carbocycles. The maximum absolute atomic E-state index is 5.13. The minimum atomic E-state index is -2.80. The third kappa shape index (κ3) is 6.14. The largest absolute Gasteiger partial charge is 0.308 e. The molecule has 0 bridgehead atoms. The number of aromatic nitrogens is 4. The summed E-state index contributed by atoms with van der Waals surface area (Å²) in [6.07, 6.45) is 0. The lowest BCUT2D eigenvalue weighted by Gasteiger charge is -2.34. The van der Waals surface area contributed by atoms with Gasteiger partial charge in [0.25, 0.3) is 0 Å². The van der Waals surface area contributed by atoms with Gasteiger partial charge >= 0.3 is 0 Å². The number of hydrogen-bond donors (Lipinski definition) is 0. The lowest BCUT2D eigenvalue weighted by Crippen LogP contribution is -2.74. The highest BCUT2D eigenvalue weighted by molar-refractivity contribution is 7.26. The van der Waals surface area contributed by atoms with Gasteiger partial charge in [0.1, 0.15) is 0 Å². The van der Waals surface area contributed by atoms with E-state index in [2.05, 4.69) is 199 Å². The average molecular weight is 839 g/mol. The van der Waals surface area contributed by atoms with E-state index in [0.717, 1.165) is 27.9 Å². The van der Waals surface area contributed by atoms with Crippen LogP contribution in [-0.2, 0) is 0 Å². The van der Waals surface area contributed by atoms with Crippen molar-refractivity contribution < 1.29 is 0 Å². The first-order valence-corrected chi connectivity index (χ1v) is 24.1. The molecule has 0 radical (unpaired) electrons. The minimum absolute atomic E-state index is 0.629. The molecule has 0 unspecified atom stereocenters. The fraction of sp³-hybridized carbons (Fsp3) is 0. The molecule has 3 heterocycles. The summed E-state index contributed by atoms with van der Waals surface area (Å²) in [5, 5.41) is 10.4. The van der Waals surface area contributed by atoms with Gasteiger partial charge in [-0.25, -0.2) is 15.0 Å². The van der Waals surface area contributed by atoms with Crippen LogP contribution in [0, 0.1) is 0 Å². The summed E-state index contributed by atoms with van der Waals surface area (Å²) in [5.41, 5.74) is 6.21. The topological polar surface area (TPSA) is 43.6 Å². The molecule has 63 heavy (non-hydrogen) atoms. The molecule has 0 spiro atoms. The van der Waals surface area contributed by atoms with Gasteiger partial charge in [-0.2, -0.15) is 0 Å². The standard InChI is InChI=1S/C57H38N4SSi/c1-6-19-39(20-7-1)55-58-56(40-21-8-2-9-22-40)60-57(59-55)41-23-18-24-42(37-41)61-51-36-33-46(38-50(51)48-34-35-49-47-31-16-17-32-52(47)62-54(49)53(48)61)63(43-25-10-3-11-26-43,44-27-12-4-13-28-44)45-29-14-5-15-30-45/h1-38H. The first-order valence-electron chi connectivity index (χ1n) is 21.3. The van der Waals surface area contributed by atoms with Crippen molar-refractivity contribution in [1.29, 1.82) is 0 Å². The Hall–Kier alpha value is -7.77. The molecule has 0 N–H and O–H groups in total. The SMILES string of the molecule is c1ccc(-c2nc(-c3ccccc3)nc(-c3cccc(-n4c5ccc([Si](c6ccccc6)(c6ccccc6)c6ccccc6)cc5c5ccc6c7ccccc7sc6c54)c3)n2)cc1. The molecule has 4 nitrogen and oxygen atoms in total. The molecule has 0 amide bonds. The lowest BCUT2D eigenvalue weighted by atomic mass is 10.1. The summed E-state index contributed by atoms with van der Waals surface area (Å²) in [5.74, 6) is 1.91. The molecular formula is C57H38N4SSi. The van der Waals surface area contributed by atoms with Crippen molar-refractivity contribution in [2.24, 2.45) is 0 Å². The smallest absolute Gasteiger partial charge is 0.179 e. The maximum atomic E-state index is 5.13. The van der Waals surface area contributed by atoms with Crippen molar-refractivity contribution in [1.82, 2.24) is 19.5 Å². The van der Waals surface area contributed by atoms with Crippen LogP contribution in [0.5, 0.6) is 0 Å².